The Morgan fingerprint density at radius 3 is 0.656 bits per heavy atom. The Bertz CT molecular complexity index is 2330. The molecule has 0 aromatic heterocycles. The molecule has 8 rings (SSSR count). The Morgan fingerprint density at radius 1 is 0.281 bits per heavy atom. The van der Waals surface area contributed by atoms with Gasteiger partial charge >= 0.3 is 0 Å². The second kappa shape index (κ2) is 24.4. The molecule has 4 N–H and O–H groups in total. The predicted octanol–water partition coefficient (Wildman–Crippen LogP) is 10.5. The maximum absolute atomic E-state index is 11.8. The van der Waals surface area contributed by atoms with E-state index in [1.165, 1.54) is 22.3 Å². The molecule has 326 valence electrons. The van der Waals surface area contributed by atoms with Gasteiger partial charge in [0.1, 0.15) is 0 Å². The van der Waals surface area contributed by atoms with Gasteiger partial charge in [0.2, 0.25) is 0 Å². The first kappa shape index (κ1) is 47.7. The Hall–Kier alpha value is -7.32. The van der Waals surface area contributed by atoms with Crippen LogP contribution >= 0.6 is 0 Å². The summed E-state index contributed by atoms with van der Waals surface area (Å²) in [5, 5.41) is 12.7. The van der Waals surface area contributed by atoms with Crippen molar-refractivity contribution < 1.29 is 53.3 Å². The quantitative estimate of drug-likeness (QED) is 0.0820. The smallest absolute Gasteiger partial charge is 0.187 e. The SMILES string of the molecule is O=C1C=CC=C/C1=C/Nc1ccc(Cc2ccc(N/C=C3/C=CC=CC3=O)cc2)cc1.O=C1C=CC=C/C1=C/Nc1ccc(Cc2ccc(N/C=C3/C=CC=CC3=O)cc2)cc1.[Cu].[Cu]. The Labute approximate surface area is 394 Å². The van der Waals surface area contributed by atoms with Crippen molar-refractivity contribution in [2.24, 2.45) is 0 Å². The molecule has 8 nitrogen and oxygen atoms in total. The fourth-order valence-electron chi connectivity index (χ4n) is 6.39. The van der Waals surface area contributed by atoms with Gasteiger partial charge in [0.05, 0.1) is 0 Å². The number of benzene rings is 4. The summed E-state index contributed by atoms with van der Waals surface area (Å²) in [6, 6.07) is 32.6. The minimum Gasteiger partial charge on any atom is -0.361 e. The summed E-state index contributed by atoms with van der Waals surface area (Å²) in [6.45, 7) is 0. The third-order valence-electron chi connectivity index (χ3n) is 9.89. The van der Waals surface area contributed by atoms with E-state index in [4.69, 9.17) is 0 Å². The van der Waals surface area contributed by atoms with Gasteiger partial charge in [-0.2, -0.15) is 0 Å². The third-order valence-corrected chi connectivity index (χ3v) is 9.89. The van der Waals surface area contributed by atoms with Crippen LogP contribution in [0.4, 0.5) is 22.7 Å². The number of ketones is 4. The summed E-state index contributed by atoms with van der Waals surface area (Å²) in [6.07, 6.45) is 36.3. The Kier molecular flexibility index (Phi) is 18.2. The number of hydrogen-bond donors (Lipinski definition) is 4. The van der Waals surface area contributed by atoms with Crippen LogP contribution in [0.25, 0.3) is 0 Å². The molecule has 0 spiro atoms. The topological polar surface area (TPSA) is 116 Å². The molecule has 4 aromatic carbocycles. The summed E-state index contributed by atoms with van der Waals surface area (Å²) in [5.41, 5.74) is 11.1. The number of nitrogens with one attached hydrogen (secondary N) is 4. The first-order chi connectivity index (χ1) is 30.3. The molecule has 64 heavy (non-hydrogen) atoms. The average molecular weight is 940 g/mol. The van der Waals surface area contributed by atoms with Crippen molar-refractivity contribution in [3.05, 3.63) is 264 Å². The van der Waals surface area contributed by atoms with Gasteiger partial charge in [0.25, 0.3) is 0 Å². The van der Waals surface area contributed by atoms with Crippen LogP contribution in [-0.4, -0.2) is 23.1 Å². The van der Waals surface area contributed by atoms with E-state index in [0.717, 1.165) is 35.6 Å². The molecule has 0 saturated heterocycles. The van der Waals surface area contributed by atoms with Gasteiger partial charge in [-0.3, -0.25) is 19.2 Å². The fraction of sp³-hybridized carbons (Fsp3) is 0.0370. The summed E-state index contributed by atoms with van der Waals surface area (Å²) < 4.78 is 0. The van der Waals surface area contributed by atoms with Crippen molar-refractivity contribution in [3.8, 4) is 0 Å². The van der Waals surface area contributed by atoms with Gasteiger partial charge in [0.15, 0.2) is 23.1 Å². The number of anilines is 4. The van der Waals surface area contributed by atoms with Crippen LogP contribution in [0.1, 0.15) is 22.3 Å². The monoisotopic (exact) mass is 938 g/mol. The summed E-state index contributed by atoms with van der Waals surface area (Å²) in [4.78, 5) is 47.0. The van der Waals surface area contributed by atoms with Crippen molar-refractivity contribution in [1.82, 2.24) is 0 Å². The van der Waals surface area contributed by atoms with Crippen LogP contribution in [0.2, 0.25) is 0 Å². The molecule has 4 aliphatic rings. The van der Waals surface area contributed by atoms with E-state index < -0.39 is 0 Å². The van der Waals surface area contributed by atoms with Gasteiger partial charge in [-0.15, -0.1) is 0 Å². The third kappa shape index (κ3) is 14.4. The van der Waals surface area contributed by atoms with E-state index in [1.54, 1.807) is 97.7 Å². The van der Waals surface area contributed by atoms with Crippen LogP contribution in [-0.2, 0) is 66.2 Å². The Morgan fingerprint density at radius 2 is 0.469 bits per heavy atom. The largest absolute Gasteiger partial charge is 0.361 e. The van der Waals surface area contributed by atoms with Crippen molar-refractivity contribution in [1.29, 1.82) is 0 Å². The molecule has 0 fully saturated rings. The second-order valence-corrected chi connectivity index (χ2v) is 14.4. The molecule has 0 atom stereocenters. The molecule has 0 heterocycles. The van der Waals surface area contributed by atoms with E-state index in [9.17, 15) is 19.2 Å². The normalized spacial score (nSPS) is 17.0. The molecular weight excluding hydrogens is 896 g/mol. The molecule has 2 radical (unpaired) electrons. The Balaban J connectivity index is 0.000000234. The van der Waals surface area contributed by atoms with Crippen molar-refractivity contribution in [3.63, 3.8) is 0 Å². The summed E-state index contributed by atoms with van der Waals surface area (Å²) in [7, 11) is 0. The summed E-state index contributed by atoms with van der Waals surface area (Å²) >= 11 is 0. The van der Waals surface area contributed by atoms with E-state index in [1.807, 2.05) is 72.8 Å². The minimum atomic E-state index is -0.000562. The fourth-order valence-corrected chi connectivity index (χ4v) is 6.39. The number of allylic oxidation sites excluding steroid dienone is 20. The number of rotatable bonds is 12. The van der Waals surface area contributed by atoms with Gasteiger partial charge in [-0.25, -0.2) is 0 Å². The van der Waals surface area contributed by atoms with Crippen LogP contribution in [0.3, 0.4) is 0 Å². The molecule has 0 aliphatic heterocycles. The standard InChI is InChI=1S/2C27H22N2O2.2Cu/c2*30-26-7-3-1-5-22(26)18-28-24-13-9-20(10-14-24)17-21-11-15-25(16-12-21)29-19-23-6-2-4-8-27(23)31;;/h2*1-16,18-19,28-29H,17H2;;/b2*22-18-,23-19-;;. The molecule has 0 saturated carbocycles. The molecule has 0 unspecified atom stereocenters. The van der Waals surface area contributed by atoms with Crippen LogP contribution in [0.5, 0.6) is 0 Å². The van der Waals surface area contributed by atoms with E-state index in [2.05, 4.69) is 69.8 Å². The zero-order valence-corrected chi connectivity index (χ0v) is 36.3. The minimum absolute atomic E-state index is 0. The number of carbonyl (C=O) groups is 4. The average Bonchev–Trinajstić information content (AvgIpc) is 3.30. The number of carbonyl (C=O) groups excluding carboxylic acids is 4. The molecule has 0 amide bonds. The second-order valence-electron chi connectivity index (χ2n) is 14.4. The van der Waals surface area contributed by atoms with Crippen LogP contribution in [0.15, 0.2) is 241 Å². The number of hydrogen-bond acceptors (Lipinski definition) is 8. The van der Waals surface area contributed by atoms with Crippen molar-refractivity contribution in [2.45, 2.75) is 12.8 Å². The predicted molar refractivity (Wildman–Crippen MR) is 251 cm³/mol. The zero-order chi connectivity index (χ0) is 42.9. The first-order valence-electron chi connectivity index (χ1n) is 20.1. The molecule has 0 bridgehead atoms. The van der Waals surface area contributed by atoms with E-state index >= 15 is 0 Å². The maximum atomic E-state index is 11.8. The van der Waals surface area contributed by atoms with Crippen LogP contribution in [0, 0.1) is 0 Å². The molecule has 4 aromatic rings. The maximum Gasteiger partial charge on any atom is 0.187 e. The van der Waals surface area contributed by atoms with E-state index in [0.29, 0.717) is 22.3 Å². The van der Waals surface area contributed by atoms with Crippen molar-refractivity contribution >= 4 is 45.9 Å². The molecular formula is C54H44Cu2N4O4. The first-order valence-corrected chi connectivity index (χ1v) is 20.1. The summed E-state index contributed by atoms with van der Waals surface area (Å²) in [5.74, 6) is -0.00225. The van der Waals surface area contributed by atoms with Gasteiger partial charge in [-0.05, 0) is 132 Å². The zero-order valence-electron chi connectivity index (χ0n) is 34.4. The van der Waals surface area contributed by atoms with E-state index in [-0.39, 0.29) is 57.3 Å². The van der Waals surface area contributed by atoms with Crippen molar-refractivity contribution in [2.75, 3.05) is 21.3 Å². The van der Waals surface area contributed by atoms with Gasteiger partial charge < -0.3 is 21.3 Å². The van der Waals surface area contributed by atoms with Gasteiger partial charge in [-0.1, -0.05) is 97.1 Å². The molecule has 4 aliphatic carbocycles. The van der Waals surface area contributed by atoms with Crippen LogP contribution < -0.4 is 21.3 Å². The van der Waals surface area contributed by atoms with Gasteiger partial charge in [0, 0.05) is 104 Å². The molecule has 10 heteroatoms.